The Bertz CT molecular complexity index is 288. The van der Waals surface area contributed by atoms with Gasteiger partial charge in [0, 0.05) is 22.8 Å². The van der Waals surface area contributed by atoms with Crippen molar-refractivity contribution < 1.29 is 0 Å². The summed E-state index contributed by atoms with van der Waals surface area (Å²) >= 11 is 11.3. The number of thiophene rings is 1. The van der Waals surface area contributed by atoms with Crippen molar-refractivity contribution in [1.82, 2.24) is 5.32 Å². The molecule has 0 saturated heterocycles. The predicted molar refractivity (Wildman–Crippen MR) is 72.9 cm³/mol. The molecule has 4 heteroatoms. The number of hydrogen-bond acceptors (Lipinski definition) is 2. The first-order chi connectivity index (χ1) is 7.15. The molecule has 1 N–H and O–H groups in total. The van der Waals surface area contributed by atoms with E-state index in [1.54, 1.807) is 11.3 Å². The van der Waals surface area contributed by atoms with Gasteiger partial charge in [-0.15, -0.1) is 22.9 Å². The molecule has 0 aliphatic heterocycles. The normalized spacial score (nSPS) is 12.0. The first-order valence-corrected chi connectivity index (χ1v) is 7.35. The van der Waals surface area contributed by atoms with Crippen LogP contribution in [0.2, 0.25) is 0 Å². The lowest BCUT2D eigenvalue weighted by atomic mass is 9.95. The van der Waals surface area contributed by atoms with E-state index in [1.807, 2.05) is 0 Å². The Morgan fingerprint density at radius 3 is 2.47 bits per heavy atom. The van der Waals surface area contributed by atoms with Gasteiger partial charge < -0.3 is 5.32 Å². The molecule has 0 unspecified atom stereocenters. The van der Waals surface area contributed by atoms with E-state index in [9.17, 15) is 0 Å². The summed E-state index contributed by atoms with van der Waals surface area (Å²) < 4.78 is 1.18. The van der Waals surface area contributed by atoms with Crippen molar-refractivity contribution in [2.45, 2.75) is 38.8 Å². The quantitative estimate of drug-likeness (QED) is 0.768. The molecule has 0 saturated carbocycles. The monoisotopic (exact) mass is 309 g/mol. The summed E-state index contributed by atoms with van der Waals surface area (Å²) in [4.78, 5) is 1.35. The molecule has 1 aromatic heterocycles. The van der Waals surface area contributed by atoms with E-state index in [0.29, 0.717) is 5.88 Å². The first-order valence-electron chi connectivity index (χ1n) is 5.21. The third kappa shape index (κ3) is 3.74. The molecule has 0 fully saturated rings. The van der Waals surface area contributed by atoms with Gasteiger partial charge in [-0.3, -0.25) is 0 Å². The Hall–Kier alpha value is 0.430. The summed E-state index contributed by atoms with van der Waals surface area (Å²) in [5.74, 6) is 0.673. The summed E-state index contributed by atoms with van der Waals surface area (Å²) in [6.07, 6.45) is 2.14. The Balaban J connectivity index is 2.54. The molecule has 0 spiro atoms. The van der Waals surface area contributed by atoms with Crippen LogP contribution in [0.5, 0.6) is 0 Å². The van der Waals surface area contributed by atoms with Gasteiger partial charge in [-0.05, 0) is 40.9 Å². The average molecular weight is 311 g/mol. The van der Waals surface area contributed by atoms with Crippen LogP contribution in [0.4, 0.5) is 0 Å². The first kappa shape index (κ1) is 13.5. The maximum absolute atomic E-state index is 6.03. The zero-order valence-electron chi connectivity index (χ0n) is 9.15. The fourth-order valence-electron chi connectivity index (χ4n) is 1.46. The van der Waals surface area contributed by atoms with Crippen molar-refractivity contribution >= 4 is 38.9 Å². The molecule has 86 valence electrons. The van der Waals surface area contributed by atoms with Gasteiger partial charge in [0.25, 0.3) is 0 Å². The van der Waals surface area contributed by atoms with Gasteiger partial charge in [-0.2, -0.15) is 0 Å². The molecule has 1 aromatic rings. The minimum Gasteiger partial charge on any atom is -0.305 e. The van der Waals surface area contributed by atoms with Crippen LogP contribution in [-0.2, 0) is 6.54 Å². The van der Waals surface area contributed by atoms with Crippen LogP contribution in [0, 0.1) is 0 Å². The summed E-state index contributed by atoms with van der Waals surface area (Å²) in [5.41, 5.74) is 0.0953. The largest absolute Gasteiger partial charge is 0.305 e. The highest BCUT2D eigenvalue weighted by atomic mass is 79.9. The van der Waals surface area contributed by atoms with Gasteiger partial charge in [0.2, 0.25) is 0 Å². The second kappa shape index (κ2) is 6.24. The van der Waals surface area contributed by atoms with E-state index >= 15 is 0 Å². The van der Waals surface area contributed by atoms with E-state index in [2.05, 4.69) is 47.2 Å². The summed E-state index contributed by atoms with van der Waals surface area (Å²) in [6, 6.07) is 4.23. The SMILES string of the molecule is CCC(CC)(CCl)NCc1ccc(Br)s1. The van der Waals surface area contributed by atoms with Crippen molar-refractivity contribution in [2.24, 2.45) is 0 Å². The zero-order valence-corrected chi connectivity index (χ0v) is 12.3. The topological polar surface area (TPSA) is 12.0 Å². The van der Waals surface area contributed by atoms with E-state index in [4.69, 9.17) is 11.6 Å². The maximum atomic E-state index is 6.03. The third-order valence-corrected chi connectivity index (χ3v) is 5.01. The van der Waals surface area contributed by atoms with Crippen molar-refractivity contribution in [3.05, 3.63) is 20.8 Å². The molecule has 0 amide bonds. The van der Waals surface area contributed by atoms with Crippen molar-refractivity contribution in [3.63, 3.8) is 0 Å². The highest BCUT2D eigenvalue weighted by Crippen LogP contribution is 2.24. The summed E-state index contributed by atoms with van der Waals surface area (Å²) in [6.45, 7) is 5.27. The van der Waals surface area contributed by atoms with Crippen LogP contribution < -0.4 is 5.32 Å². The highest BCUT2D eigenvalue weighted by Gasteiger charge is 2.23. The fourth-order valence-corrected chi connectivity index (χ4v) is 3.35. The Labute approximate surface area is 109 Å². The number of alkyl halides is 1. The molecule has 0 aliphatic rings. The summed E-state index contributed by atoms with van der Waals surface area (Å²) in [7, 11) is 0. The van der Waals surface area contributed by atoms with Gasteiger partial charge in [0.1, 0.15) is 0 Å². The fraction of sp³-hybridized carbons (Fsp3) is 0.636. The van der Waals surface area contributed by atoms with Crippen molar-refractivity contribution in [2.75, 3.05) is 5.88 Å². The standard InChI is InChI=1S/C11H17BrClNS/c1-3-11(4-2,8-13)14-7-9-5-6-10(12)15-9/h5-6,14H,3-4,7-8H2,1-2H3. The van der Waals surface area contributed by atoms with E-state index in [0.717, 1.165) is 19.4 Å². The molecule has 0 atom stereocenters. The van der Waals surface area contributed by atoms with Crippen molar-refractivity contribution in [1.29, 1.82) is 0 Å². The zero-order chi connectivity index (χ0) is 11.3. The van der Waals surface area contributed by atoms with Crippen LogP contribution in [0.3, 0.4) is 0 Å². The van der Waals surface area contributed by atoms with Gasteiger partial charge in [0.05, 0.1) is 3.79 Å². The predicted octanol–water partition coefficient (Wildman–Crippen LogP) is 4.40. The molecule has 0 aliphatic carbocycles. The summed E-state index contributed by atoms with van der Waals surface area (Å²) in [5, 5.41) is 3.57. The van der Waals surface area contributed by atoms with Gasteiger partial charge in [-0.1, -0.05) is 13.8 Å². The molecule has 15 heavy (non-hydrogen) atoms. The van der Waals surface area contributed by atoms with Gasteiger partial charge in [-0.25, -0.2) is 0 Å². The molecular formula is C11H17BrClNS. The number of hydrogen-bond donors (Lipinski definition) is 1. The smallest absolute Gasteiger partial charge is 0.0701 e. The van der Waals surface area contributed by atoms with Gasteiger partial charge >= 0.3 is 0 Å². The lowest BCUT2D eigenvalue weighted by molar-refractivity contribution is 0.335. The Kier molecular flexibility index (Phi) is 5.61. The molecule has 0 radical (unpaired) electrons. The molecular weight excluding hydrogens is 294 g/mol. The number of halogens is 2. The highest BCUT2D eigenvalue weighted by molar-refractivity contribution is 9.11. The third-order valence-electron chi connectivity index (χ3n) is 2.88. The maximum Gasteiger partial charge on any atom is 0.0701 e. The molecule has 1 heterocycles. The van der Waals surface area contributed by atoms with Crippen LogP contribution >= 0.6 is 38.9 Å². The molecule has 1 nitrogen and oxygen atoms in total. The number of nitrogens with one attached hydrogen (secondary N) is 1. The number of rotatable bonds is 6. The lowest BCUT2D eigenvalue weighted by Gasteiger charge is -2.30. The lowest BCUT2D eigenvalue weighted by Crippen LogP contribution is -2.45. The van der Waals surface area contributed by atoms with Crippen LogP contribution in [0.15, 0.2) is 15.9 Å². The molecule has 0 aromatic carbocycles. The van der Waals surface area contributed by atoms with Crippen LogP contribution in [-0.4, -0.2) is 11.4 Å². The van der Waals surface area contributed by atoms with E-state index < -0.39 is 0 Å². The van der Waals surface area contributed by atoms with Crippen LogP contribution in [0.25, 0.3) is 0 Å². The minimum atomic E-state index is 0.0953. The Morgan fingerprint density at radius 2 is 2.07 bits per heavy atom. The minimum absolute atomic E-state index is 0.0953. The second-order valence-electron chi connectivity index (χ2n) is 3.68. The van der Waals surface area contributed by atoms with Crippen LogP contribution in [0.1, 0.15) is 31.6 Å². The van der Waals surface area contributed by atoms with E-state index in [-0.39, 0.29) is 5.54 Å². The molecule has 0 bridgehead atoms. The van der Waals surface area contributed by atoms with E-state index in [1.165, 1.54) is 8.66 Å². The Morgan fingerprint density at radius 1 is 1.40 bits per heavy atom. The van der Waals surface area contributed by atoms with Crippen molar-refractivity contribution in [3.8, 4) is 0 Å². The van der Waals surface area contributed by atoms with Gasteiger partial charge in [0.15, 0.2) is 0 Å². The second-order valence-corrected chi connectivity index (χ2v) is 6.50. The average Bonchev–Trinajstić information content (AvgIpc) is 2.67. The molecule has 1 rings (SSSR count).